The van der Waals surface area contributed by atoms with Crippen molar-refractivity contribution in [1.82, 2.24) is 0 Å². The van der Waals surface area contributed by atoms with Gasteiger partial charge in [-0.25, -0.2) is 0 Å². The van der Waals surface area contributed by atoms with Crippen LogP contribution in [0.15, 0.2) is 54.6 Å². The van der Waals surface area contributed by atoms with Crippen LogP contribution in [-0.2, 0) is 0 Å². The fourth-order valence-corrected chi connectivity index (χ4v) is 2.90. The van der Waals surface area contributed by atoms with E-state index in [0.29, 0.717) is 16.7 Å². The summed E-state index contributed by atoms with van der Waals surface area (Å²) in [6, 6.07) is 18.2. The third kappa shape index (κ3) is 3.86. The topological polar surface area (TPSA) is 9.23 Å². The molecule has 0 spiro atoms. The Bertz CT molecular complexity index is 519. The summed E-state index contributed by atoms with van der Waals surface area (Å²) in [6.45, 7) is 6.79. The molecule has 0 aromatic heterocycles. The molecule has 2 unspecified atom stereocenters. The number of ether oxygens (including phenoxy) is 1. The summed E-state index contributed by atoms with van der Waals surface area (Å²) in [6.07, 6.45) is 0. The SMILES string of the molecule is CC(C)C(C)C(Br)c1ccc(Oc2ccccc2)cc1. The average molecular weight is 333 g/mol. The molecule has 0 N–H and O–H groups in total. The first kappa shape index (κ1) is 15.1. The zero-order chi connectivity index (χ0) is 14.5. The summed E-state index contributed by atoms with van der Waals surface area (Å²) < 4.78 is 5.81. The average Bonchev–Trinajstić information content (AvgIpc) is 2.47. The van der Waals surface area contributed by atoms with Crippen LogP contribution in [0.2, 0.25) is 0 Å². The van der Waals surface area contributed by atoms with Gasteiger partial charge in [-0.2, -0.15) is 0 Å². The monoisotopic (exact) mass is 332 g/mol. The van der Waals surface area contributed by atoms with Gasteiger partial charge in [0.1, 0.15) is 11.5 Å². The summed E-state index contributed by atoms with van der Waals surface area (Å²) in [4.78, 5) is 0.383. The van der Waals surface area contributed by atoms with Gasteiger partial charge in [-0.1, -0.05) is 67.0 Å². The van der Waals surface area contributed by atoms with Crippen molar-refractivity contribution in [3.8, 4) is 11.5 Å². The second-order valence-corrected chi connectivity index (χ2v) is 6.48. The lowest BCUT2D eigenvalue weighted by molar-refractivity contribution is 0.414. The van der Waals surface area contributed by atoms with Crippen LogP contribution in [0.5, 0.6) is 11.5 Å². The molecule has 2 aromatic rings. The molecule has 0 aliphatic carbocycles. The van der Waals surface area contributed by atoms with Crippen molar-refractivity contribution in [3.63, 3.8) is 0 Å². The summed E-state index contributed by atoms with van der Waals surface area (Å²) in [7, 11) is 0. The van der Waals surface area contributed by atoms with Crippen LogP contribution in [0.1, 0.15) is 31.2 Å². The van der Waals surface area contributed by atoms with Gasteiger partial charge in [0.15, 0.2) is 0 Å². The van der Waals surface area contributed by atoms with Crippen LogP contribution in [0, 0.1) is 11.8 Å². The molecule has 0 saturated carbocycles. The lowest BCUT2D eigenvalue weighted by Gasteiger charge is -2.22. The highest BCUT2D eigenvalue weighted by molar-refractivity contribution is 9.09. The number of para-hydroxylation sites is 1. The van der Waals surface area contributed by atoms with E-state index in [-0.39, 0.29) is 0 Å². The summed E-state index contributed by atoms with van der Waals surface area (Å²) in [5, 5.41) is 0. The van der Waals surface area contributed by atoms with Gasteiger partial charge in [0.25, 0.3) is 0 Å². The molecule has 2 rings (SSSR count). The molecule has 0 bridgehead atoms. The Kier molecular flexibility index (Phi) is 5.24. The first-order valence-corrected chi connectivity index (χ1v) is 7.96. The predicted octanol–water partition coefficient (Wildman–Crippen LogP) is 6.21. The first-order chi connectivity index (χ1) is 9.58. The molecule has 2 heteroatoms. The molecular weight excluding hydrogens is 312 g/mol. The summed E-state index contributed by atoms with van der Waals surface area (Å²) >= 11 is 3.80. The van der Waals surface area contributed by atoms with E-state index in [1.54, 1.807) is 0 Å². The minimum absolute atomic E-state index is 0.383. The second-order valence-electron chi connectivity index (χ2n) is 5.49. The Morgan fingerprint density at radius 3 is 1.90 bits per heavy atom. The maximum Gasteiger partial charge on any atom is 0.127 e. The Hall–Kier alpha value is -1.28. The highest BCUT2D eigenvalue weighted by Gasteiger charge is 2.19. The van der Waals surface area contributed by atoms with Crippen LogP contribution >= 0.6 is 15.9 Å². The van der Waals surface area contributed by atoms with E-state index in [4.69, 9.17) is 4.74 Å². The Morgan fingerprint density at radius 1 is 0.800 bits per heavy atom. The standard InChI is InChI=1S/C18H21BrO/c1-13(2)14(3)18(19)15-9-11-17(12-10-15)20-16-7-5-4-6-8-16/h4-14,18H,1-3H3. The van der Waals surface area contributed by atoms with Gasteiger partial charge in [0.05, 0.1) is 0 Å². The molecule has 2 atom stereocenters. The fourth-order valence-electron chi connectivity index (χ4n) is 1.99. The largest absolute Gasteiger partial charge is 0.457 e. The van der Waals surface area contributed by atoms with E-state index in [9.17, 15) is 0 Å². The van der Waals surface area contributed by atoms with Crippen molar-refractivity contribution in [2.75, 3.05) is 0 Å². The zero-order valence-corrected chi connectivity index (χ0v) is 13.8. The quantitative estimate of drug-likeness (QED) is 0.591. The zero-order valence-electron chi connectivity index (χ0n) is 12.2. The number of hydrogen-bond donors (Lipinski definition) is 0. The van der Waals surface area contributed by atoms with Crippen molar-refractivity contribution < 1.29 is 4.74 Å². The van der Waals surface area contributed by atoms with Gasteiger partial charge < -0.3 is 4.74 Å². The van der Waals surface area contributed by atoms with Crippen molar-refractivity contribution in [3.05, 3.63) is 60.2 Å². The maximum absolute atomic E-state index is 5.81. The van der Waals surface area contributed by atoms with Crippen LogP contribution in [0.4, 0.5) is 0 Å². The van der Waals surface area contributed by atoms with Crippen LogP contribution in [0.3, 0.4) is 0 Å². The fraction of sp³-hybridized carbons (Fsp3) is 0.333. The van der Waals surface area contributed by atoms with Crippen LogP contribution in [0.25, 0.3) is 0 Å². The molecule has 0 amide bonds. The van der Waals surface area contributed by atoms with Gasteiger partial charge in [-0.15, -0.1) is 0 Å². The van der Waals surface area contributed by atoms with Crippen molar-refractivity contribution in [2.45, 2.75) is 25.6 Å². The lowest BCUT2D eigenvalue weighted by Crippen LogP contribution is -2.10. The van der Waals surface area contributed by atoms with Gasteiger partial charge in [0, 0.05) is 4.83 Å². The third-order valence-electron chi connectivity index (χ3n) is 3.69. The lowest BCUT2D eigenvalue weighted by atomic mass is 9.91. The van der Waals surface area contributed by atoms with Gasteiger partial charge in [-0.05, 0) is 41.7 Å². The Labute approximate surface area is 130 Å². The van der Waals surface area contributed by atoms with Crippen LogP contribution < -0.4 is 4.74 Å². The molecule has 0 fully saturated rings. The molecule has 1 nitrogen and oxygen atoms in total. The Balaban J connectivity index is 2.06. The molecule has 0 saturated heterocycles. The van der Waals surface area contributed by atoms with E-state index < -0.39 is 0 Å². The molecule has 0 radical (unpaired) electrons. The molecule has 106 valence electrons. The van der Waals surface area contributed by atoms with E-state index >= 15 is 0 Å². The number of benzene rings is 2. The number of alkyl halides is 1. The number of halogens is 1. The van der Waals surface area contributed by atoms with Gasteiger partial charge in [-0.3, -0.25) is 0 Å². The molecule has 0 aliphatic rings. The second kappa shape index (κ2) is 6.94. The minimum atomic E-state index is 0.383. The van der Waals surface area contributed by atoms with E-state index in [2.05, 4.69) is 48.8 Å². The first-order valence-electron chi connectivity index (χ1n) is 7.05. The Morgan fingerprint density at radius 2 is 1.35 bits per heavy atom. The third-order valence-corrected chi connectivity index (χ3v) is 5.05. The van der Waals surface area contributed by atoms with Gasteiger partial charge >= 0.3 is 0 Å². The van der Waals surface area contributed by atoms with Crippen molar-refractivity contribution in [1.29, 1.82) is 0 Å². The summed E-state index contributed by atoms with van der Waals surface area (Å²) in [5.74, 6) is 2.98. The van der Waals surface area contributed by atoms with Gasteiger partial charge in [0.2, 0.25) is 0 Å². The van der Waals surface area contributed by atoms with E-state index in [1.165, 1.54) is 5.56 Å². The summed E-state index contributed by atoms with van der Waals surface area (Å²) in [5.41, 5.74) is 1.30. The highest BCUT2D eigenvalue weighted by Crippen LogP contribution is 2.36. The normalized spacial score (nSPS) is 14.1. The molecule has 0 aliphatic heterocycles. The molecule has 0 heterocycles. The number of hydrogen-bond acceptors (Lipinski definition) is 1. The van der Waals surface area contributed by atoms with Crippen LogP contribution in [-0.4, -0.2) is 0 Å². The van der Waals surface area contributed by atoms with E-state index in [1.807, 2.05) is 42.5 Å². The predicted molar refractivity (Wildman–Crippen MR) is 88.6 cm³/mol. The minimum Gasteiger partial charge on any atom is -0.457 e. The molecule has 2 aromatic carbocycles. The smallest absolute Gasteiger partial charge is 0.127 e. The van der Waals surface area contributed by atoms with E-state index in [0.717, 1.165) is 11.5 Å². The maximum atomic E-state index is 5.81. The highest BCUT2D eigenvalue weighted by atomic mass is 79.9. The number of rotatable bonds is 5. The molecular formula is C18H21BrO. The molecule has 20 heavy (non-hydrogen) atoms. The van der Waals surface area contributed by atoms with Crippen molar-refractivity contribution in [2.24, 2.45) is 11.8 Å². The van der Waals surface area contributed by atoms with Crippen molar-refractivity contribution >= 4 is 15.9 Å².